The van der Waals surface area contributed by atoms with E-state index in [1.165, 1.54) is 25.3 Å². The number of phenolic OH excluding ortho intramolecular Hbond substituents is 1. The number of imidazole rings is 1. The summed E-state index contributed by atoms with van der Waals surface area (Å²) in [6, 6.07) is 16.8. The van der Waals surface area contributed by atoms with Gasteiger partial charge in [0.05, 0.1) is 12.0 Å². The molecule has 2 aromatic carbocycles. The Bertz CT molecular complexity index is 1250. The fraction of sp³-hybridized carbons (Fsp3) is 0.0476. The standard InChI is InChI=1S/C21H16N4O4/c1-29-18-12-15(8-9-17(18)26)20-21(24-10-3-2-7-19(24)23-20)22-13-14-5-4-6-16(11-14)25(27)28/h2-13,26H,1H3. The second kappa shape index (κ2) is 7.43. The lowest BCUT2D eigenvalue weighted by molar-refractivity contribution is -0.384. The van der Waals surface area contributed by atoms with Gasteiger partial charge in [-0.15, -0.1) is 0 Å². The van der Waals surface area contributed by atoms with Gasteiger partial charge in [-0.2, -0.15) is 0 Å². The van der Waals surface area contributed by atoms with E-state index in [1.54, 1.807) is 30.5 Å². The van der Waals surface area contributed by atoms with Gasteiger partial charge in [-0.05, 0) is 35.9 Å². The summed E-state index contributed by atoms with van der Waals surface area (Å²) in [6.07, 6.45) is 3.40. The van der Waals surface area contributed by atoms with Crippen molar-refractivity contribution in [2.24, 2.45) is 4.99 Å². The fourth-order valence-corrected chi connectivity index (χ4v) is 2.98. The summed E-state index contributed by atoms with van der Waals surface area (Å²) >= 11 is 0. The SMILES string of the molecule is COc1cc(-c2nc3ccccn3c2N=Cc2cccc([N+](=O)[O-])c2)ccc1O. The van der Waals surface area contributed by atoms with E-state index in [0.717, 1.165) is 5.56 Å². The van der Waals surface area contributed by atoms with Crippen molar-refractivity contribution in [3.05, 3.63) is 82.5 Å². The Morgan fingerprint density at radius 1 is 1.17 bits per heavy atom. The van der Waals surface area contributed by atoms with Gasteiger partial charge in [0.1, 0.15) is 11.3 Å². The van der Waals surface area contributed by atoms with E-state index < -0.39 is 4.92 Å². The van der Waals surface area contributed by atoms with Crippen LogP contribution in [0.15, 0.2) is 71.9 Å². The van der Waals surface area contributed by atoms with Gasteiger partial charge in [0.25, 0.3) is 5.69 Å². The minimum absolute atomic E-state index is 0.00409. The van der Waals surface area contributed by atoms with Crippen LogP contribution in [0.1, 0.15) is 5.56 Å². The van der Waals surface area contributed by atoms with Crippen LogP contribution < -0.4 is 4.74 Å². The molecule has 0 saturated carbocycles. The molecule has 0 saturated heterocycles. The summed E-state index contributed by atoms with van der Waals surface area (Å²) in [4.78, 5) is 19.8. The van der Waals surface area contributed by atoms with Crippen molar-refractivity contribution < 1.29 is 14.8 Å². The molecule has 4 aromatic rings. The summed E-state index contributed by atoms with van der Waals surface area (Å²) < 4.78 is 7.02. The van der Waals surface area contributed by atoms with E-state index in [2.05, 4.69) is 9.98 Å². The van der Waals surface area contributed by atoms with Gasteiger partial charge in [0.15, 0.2) is 17.3 Å². The Kier molecular flexibility index (Phi) is 4.66. The zero-order valence-electron chi connectivity index (χ0n) is 15.4. The highest BCUT2D eigenvalue weighted by Gasteiger charge is 2.15. The zero-order chi connectivity index (χ0) is 20.4. The van der Waals surface area contributed by atoms with E-state index in [9.17, 15) is 15.2 Å². The number of aliphatic imine (C=N–C) groups is 1. The molecule has 0 unspecified atom stereocenters. The topological polar surface area (TPSA) is 102 Å². The number of phenols is 1. The lowest BCUT2D eigenvalue weighted by Crippen LogP contribution is -1.90. The number of hydrogen-bond donors (Lipinski definition) is 1. The average molecular weight is 388 g/mol. The molecule has 2 aromatic heterocycles. The van der Waals surface area contributed by atoms with Crippen molar-refractivity contribution in [3.63, 3.8) is 0 Å². The Morgan fingerprint density at radius 3 is 2.83 bits per heavy atom. The summed E-state index contributed by atoms with van der Waals surface area (Å²) in [6.45, 7) is 0. The number of nitro groups is 1. The number of pyridine rings is 1. The quantitative estimate of drug-likeness (QED) is 0.311. The summed E-state index contributed by atoms with van der Waals surface area (Å²) in [5.41, 5.74) is 2.60. The number of rotatable bonds is 5. The molecule has 0 radical (unpaired) electrons. The van der Waals surface area contributed by atoms with Crippen molar-refractivity contribution in [1.82, 2.24) is 9.38 Å². The highest BCUT2D eigenvalue weighted by molar-refractivity contribution is 5.86. The Morgan fingerprint density at radius 2 is 2.03 bits per heavy atom. The number of methoxy groups -OCH3 is 1. The normalized spacial score (nSPS) is 11.2. The van der Waals surface area contributed by atoms with Crippen LogP contribution in [0, 0.1) is 10.1 Å². The first-order valence-corrected chi connectivity index (χ1v) is 8.70. The zero-order valence-corrected chi connectivity index (χ0v) is 15.4. The van der Waals surface area contributed by atoms with Gasteiger partial charge in [-0.1, -0.05) is 18.2 Å². The molecule has 4 rings (SSSR count). The van der Waals surface area contributed by atoms with Gasteiger partial charge in [0, 0.05) is 30.1 Å². The van der Waals surface area contributed by atoms with Crippen LogP contribution >= 0.6 is 0 Å². The van der Waals surface area contributed by atoms with Crippen molar-refractivity contribution in [2.75, 3.05) is 7.11 Å². The first-order chi connectivity index (χ1) is 14.1. The molecule has 0 aliphatic carbocycles. The van der Waals surface area contributed by atoms with Crippen molar-refractivity contribution >= 4 is 23.4 Å². The van der Waals surface area contributed by atoms with E-state index in [0.29, 0.717) is 28.5 Å². The van der Waals surface area contributed by atoms with Crippen LogP contribution in [0.2, 0.25) is 0 Å². The summed E-state index contributed by atoms with van der Waals surface area (Å²) in [7, 11) is 1.48. The maximum absolute atomic E-state index is 11.0. The third-order valence-corrected chi connectivity index (χ3v) is 4.37. The summed E-state index contributed by atoms with van der Waals surface area (Å²) in [5.74, 6) is 0.912. The molecule has 0 atom stereocenters. The molecule has 8 nitrogen and oxygen atoms in total. The number of nitro benzene ring substituents is 1. The van der Waals surface area contributed by atoms with Crippen LogP contribution in [-0.2, 0) is 0 Å². The van der Waals surface area contributed by atoms with Crippen LogP contribution in [0.4, 0.5) is 11.5 Å². The molecule has 0 fully saturated rings. The van der Waals surface area contributed by atoms with Crippen molar-refractivity contribution in [2.45, 2.75) is 0 Å². The number of benzene rings is 2. The number of nitrogens with zero attached hydrogens (tertiary/aromatic N) is 4. The molecule has 0 spiro atoms. The number of non-ortho nitro benzene ring substituents is 1. The number of aromatic hydroxyl groups is 1. The van der Waals surface area contributed by atoms with Crippen molar-refractivity contribution in [1.29, 1.82) is 0 Å². The molecule has 8 heteroatoms. The Labute approximate surface area is 165 Å². The monoisotopic (exact) mass is 388 g/mol. The number of hydrogen-bond acceptors (Lipinski definition) is 6. The van der Waals surface area contributed by atoms with Crippen LogP contribution in [0.3, 0.4) is 0 Å². The Hall–Kier alpha value is -4.20. The predicted molar refractivity (Wildman–Crippen MR) is 109 cm³/mol. The second-order valence-electron chi connectivity index (χ2n) is 6.21. The number of ether oxygens (including phenoxy) is 1. The first-order valence-electron chi connectivity index (χ1n) is 8.70. The third-order valence-electron chi connectivity index (χ3n) is 4.37. The minimum atomic E-state index is -0.445. The molecule has 0 bridgehead atoms. The maximum atomic E-state index is 11.0. The number of aromatic nitrogens is 2. The van der Waals surface area contributed by atoms with Gasteiger partial charge < -0.3 is 9.84 Å². The molecule has 0 aliphatic rings. The van der Waals surface area contributed by atoms with Crippen LogP contribution in [0.5, 0.6) is 11.5 Å². The molecule has 0 amide bonds. The van der Waals surface area contributed by atoms with Gasteiger partial charge in [-0.25, -0.2) is 9.98 Å². The molecular weight excluding hydrogens is 372 g/mol. The average Bonchev–Trinajstić information content (AvgIpc) is 3.11. The minimum Gasteiger partial charge on any atom is -0.504 e. The highest BCUT2D eigenvalue weighted by Crippen LogP contribution is 2.36. The van der Waals surface area contributed by atoms with Gasteiger partial charge in [-0.3, -0.25) is 14.5 Å². The second-order valence-corrected chi connectivity index (χ2v) is 6.21. The largest absolute Gasteiger partial charge is 0.504 e. The van der Waals surface area contributed by atoms with Crippen LogP contribution in [0.25, 0.3) is 16.9 Å². The predicted octanol–water partition coefficient (Wildman–Crippen LogP) is 4.37. The highest BCUT2D eigenvalue weighted by atomic mass is 16.6. The molecular formula is C21H16N4O4. The lowest BCUT2D eigenvalue weighted by Gasteiger charge is -2.06. The molecule has 29 heavy (non-hydrogen) atoms. The maximum Gasteiger partial charge on any atom is 0.270 e. The smallest absolute Gasteiger partial charge is 0.270 e. The van der Waals surface area contributed by atoms with Crippen LogP contribution in [-0.4, -0.2) is 32.7 Å². The van der Waals surface area contributed by atoms with Gasteiger partial charge in [0.2, 0.25) is 0 Å². The van der Waals surface area contributed by atoms with E-state index in [1.807, 2.05) is 28.8 Å². The molecule has 0 aliphatic heterocycles. The van der Waals surface area contributed by atoms with Gasteiger partial charge >= 0.3 is 0 Å². The van der Waals surface area contributed by atoms with E-state index >= 15 is 0 Å². The molecule has 1 N–H and O–H groups in total. The summed E-state index contributed by atoms with van der Waals surface area (Å²) in [5, 5.41) is 20.9. The van der Waals surface area contributed by atoms with E-state index in [4.69, 9.17) is 4.74 Å². The molecule has 144 valence electrons. The fourth-order valence-electron chi connectivity index (χ4n) is 2.98. The lowest BCUT2D eigenvalue weighted by atomic mass is 10.1. The number of fused-ring (bicyclic) bond motifs is 1. The first kappa shape index (κ1) is 18.2. The van der Waals surface area contributed by atoms with E-state index in [-0.39, 0.29) is 11.4 Å². The third kappa shape index (κ3) is 3.51. The molecule has 2 heterocycles. The Balaban J connectivity index is 1.84. The van der Waals surface area contributed by atoms with Crippen molar-refractivity contribution in [3.8, 4) is 22.8 Å².